The van der Waals surface area contributed by atoms with E-state index in [1.807, 2.05) is 65.6 Å². The molecule has 19 heavy (non-hydrogen) atoms. The van der Waals surface area contributed by atoms with Crippen LogP contribution in [0.2, 0.25) is 0 Å². The van der Waals surface area contributed by atoms with Crippen molar-refractivity contribution in [2.45, 2.75) is 12.6 Å². The molecule has 1 N–H and O–H groups in total. The highest BCUT2D eigenvalue weighted by atomic mass is 16.3. The highest BCUT2D eigenvalue weighted by Crippen LogP contribution is 2.15. The molecule has 0 spiro atoms. The van der Waals surface area contributed by atoms with Crippen LogP contribution < -0.4 is 0 Å². The lowest BCUT2D eigenvalue weighted by Crippen LogP contribution is -2.08. The highest BCUT2D eigenvalue weighted by Gasteiger charge is 2.09. The van der Waals surface area contributed by atoms with Gasteiger partial charge in [0.2, 0.25) is 0 Å². The molecule has 0 aliphatic rings. The molecule has 4 nitrogen and oxygen atoms in total. The molecule has 0 amide bonds. The van der Waals surface area contributed by atoms with Crippen LogP contribution in [0.3, 0.4) is 0 Å². The maximum absolute atomic E-state index is 10.1. The molecule has 2 heterocycles. The average molecular weight is 253 g/mol. The number of aliphatic hydroxyl groups is 1. The summed E-state index contributed by atoms with van der Waals surface area (Å²) >= 11 is 0. The predicted octanol–water partition coefficient (Wildman–Crippen LogP) is 2.41. The molecule has 96 valence electrons. The number of benzene rings is 1. The lowest BCUT2D eigenvalue weighted by atomic mass is 10.1. The largest absolute Gasteiger partial charge is 0.386 e. The van der Waals surface area contributed by atoms with Crippen LogP contribution in [-0.2, 0) is 6.54 Å². The van der Waals surface area contributed by atoms with Gasteiger partial charge in [-0.3, -0.25) is 4.68 Å². The van der Waals surface area contributed by atoms with Gasteiger partial charge in [0.25, 0.3) is 0 Å². The van der Waals surface area contributed by atoms with E-state index in [9.17, 15) is 5.11 Å². The fourth-order valence-electron chi connectivity index (χ4n) is 2.05. The molecule has 3 rings (SSSR count). The molecule has 0 aliphatic carbocycles. The zero-order chi connectivity index (χ0) is 13.1. The third-order valence-electron chi connectivity index (χ3n) is 3.07. The van der Waals surface area contributed by atoms with E-state index >= 15 is 0 Å². The predicted molar refractivity (Wildman–Crippen MR) is 73.0 cm³/mol. The summed E-state index contributed by atoms with van der Waals surface area (Å²) in [6.45, 7) is 0.450. The van der Waals surface area contributed by atoms with Crippen molar-refractivity contribution < 1.29 is 5.11 Å². The molecule has 0 radical (unpaired) electrons. The summed E-state index contributed by atoms with van der Waals surface area (Å²) in [5.41, 5.74) is 1.89. The van der Waals surface area contributed by atoms with Gasteiger partial charge in [0, 0.05) is 18.6 Å². The van der Waals surface area contributed by atoms with Crippen molar-refractivity contribution in [1.82, 2.24) is 14.3 Å². The summed E-state index contributed by atoms with van der Waals surface area (Å²) in [6.07, 6.45) is 7.10. The van der Waals surface area contributed by atoms with E-state index in [1.165, 1.54) is 0 Å². The van der Waals surface area contributed by atoms with Gasteiger partial charge in [0.05, 0.1) is 24.5 Å². The fourth-order valence-corrected chi connectivity index (χ4v) is 2.05. The van der Waals surface area contributed by atoms with Crippen molar-refractivity contribution in [2.75, 3.05) is 0 Å². The Morgan fingerprint density at radius 1 is 1.05 bits per heavy atom. The Labute approximate surface area is 111 Å². The Kier molecular flexibility index (Phi) is 3.16. The first-order valence-corrected chi connectivity index (χ1v) is 6.22. The molecule has 0 saturated heterocycles. The topological polar surface area (TPSA) is 43.0 Å². The first kappa shape index (κ1) is 11.7. The molecule has 4 heteroatoms. The van der Waals surface area contributed by atoms with Crippen molar-refractivity contribution in [3.63, 3.8) is 0 Å². The zero-order valence-electron chi connectivity index (χ0n) is 10.4. The molecule has 0 saturated carbocycles. The Balaban J connectivity index is 1.74. The molecule has 1 atom stereocenters. The summed E-state index contributed by atoms with van der Waals surface area (Å²) in [5.74, 6) is 0. The van der Waals surface area contributed by atoms with Crippen LogP contribution in [0.5, 0.6) is 0 Å². The second kappa shape index (κ2) is 5.12. The second-order valence-electron chi connectivity index (χ2n) is 4.44. The van der Waals surface area contributed by atoms with E-state index in [0.29, 0.717) is 6.54 Å². The van der Waals surface area contributed by atoms with Gasteiger partial charge in [-0.05, 0) is 17.7 Å². The van der Waals surface area contributed by atoms with E-state index in [2.05, 4.69) is 5.10 Å². The van der Waals surface area contributed by atoms with Gasteiger partial charge >= 0.3 is 0 Å². The van der Waals surface area contributed by atoms with Crippen LogP contribution in [0.4, 0.5) is 0 Å². The lowest BCUT2D eigenvalue weighted by Gasteiger charge is -2.10. The third kappa shape index (κ3) is 2.58. The van der Waals surface area contributed by atoms with Crippen LogP contribution in [0.15, 0.2) is 67.3 Å². The SMILES string of the molecule is OC(Cn1cc(-n2cccc2)cn1)c1ccccc1. The normalized spacial score (nSPS) is 12.5. The first-order valence-electron chi connectivity index (χ1n) is 6.22. The quantitative estimate of drug-likeness (QED) is 0.776. The Hall–Kier alpha value is -2.33. The summed E-state index contributed by atoms with van der Waals surface area (Å²) in [7, 11) is 0. The summed E-state index contributed by atoms with van der Waals surface area (Å²) in [4.78, 5) is 0. The van der Waals surface area contributed by atoms with Gasteiger partial charge in [-0.1, -0.05) is 30.3 Å². The maximum atomic E-state index is 10.1. The van der Waals surface area contributed by atoms with E-state index < -0.39 is 6.10 Å². The van der Waals surface area contributed by atoms with Crippen molar-refractivity contribution in [1.29, 1.82) is 0 Å². The Morgan fingerprint density at radius 2 is 1.79 bits per heavy atom. The molecular weight excluding hydrogens is 238 g/mol. The molecule has 2 aromatic heterocycles. The molecule has 0 bridgehead atoms. The first-order chi connectivity index (χ1) is 9.33. The Morgan fingerprint density at radius 3 is 2.53 bits per heavy atom. The highest BCUT2D eigenvalue weighted by molar-refractivity contribution is 5.26. The molecule has 0 fully saturated rings. The number of nitrogens with zero attached hydrogens (tertiary/aromatic N) is 3. The zero-order valence-corrected chi connectivity index (χ0v) is 10.4. The molecule has 0 aliphatic heterocycles. The molecular formula is C15H15N3O. The molecule has 1 unspecified atom stereocenters. The number of aliphatic hydroxyl groups excluding tert-OH is 1. The minimum absolute atomic E-state index is 0.450. The molecule has 1 aromatic carbocycles. The smallest absolute Gasteiger partial charge is 0.0985 e. The van der Waals surface area contributed by atoms with Crippen LogP contribution >= 0.6 is 0 Å². The molecule has 3 aromatic rings. The van der Waals surface area contributed by atoms with Gasteiger partial charge in [0.1, 0.15) is 0 Å². The van der Waals surface area contributed by atoms with Gasteiger partial charge < -0.3 is 9.67 Å². The van der Waals surface area contributed by atoms with Gasteiger partial charge in [-0.2, -0.15) is 5.10 Å². The Bertz CT molecular complexity index is 628. The van der Waals surface area contributed by atoms with Crippen LogP contribution in [-0.4, -0.2) is 19.5 Å². The van der Waals surface area contributed by atoms with Gasteiger partial charge in [0.15, 0.2) is 0 Å². The van der Waals surface area contributed by atoms with E-state index in [4.69, 9.17) is 0 Å². The van der Waals surface area contributed by atoms with Crippen molar-refractivity contribution in [3.05, 3.63) is 72.8 Å². The summed E-state index contributed by atoms with van der Waals surface area (Å²) in [5, 5.41) is 14.4. The number of aromatic nitrogens is 3. The summed E-state index contributed by atoms with van der Waals surface area (Å²) in [6, 6.07) is 13.6. The standard InChI is InChI=1S/C15H15N3O/c19-15(13-6-2-1-3-7-13)12-18-11-14(10-16-18)17-8-4-5-9-17/h1-11,15,19H,12H2. The third-order valence-corrected chi connectivity index (χ3v) is 3.07. The minimum atomic E-state index is -0.543. The van der Waals surface area contributed by atoms with Crippen LogP contribution in [0.1, 0.15) is 11.7 Å². The monoisotopic (exact) mass is 253 g/mol. The van der Waals surface area contributed by atoms with Gasteiger partial charge in [-0.25, -0.2) is 0 Å². The van der Waals surface area contributed by atoms with E-state index in [0.717, 1.165) is 11.3 Å². The van der Waals surface area contributed by atoms with Gasteiger partial charge in [-0.15, -0.1) is 0 Å². The number of hydrogen-bond donors (Lipinski definition) is 1. The van der Waals surface area contributed by atoms with Crippen molar-refractivity contribution >= 4 is 0 Å². The van der Waals surface area contributed by atoms with Crippen LogP contribution in [0, 0.1) is 0 Å². The van der Waals surface area contributed by atoms with Crippen LogP contribution in [0.25, 0.3) is 5.69 Å². The van der Waals surface area contributed by atoms with Crippen molar-refractivity contribution in [3.8, 4) is 5.69 Å². The maximum Gasteiger partial charge on any atom is 0.0985 e. The van der Waals surface area contributed by atoms with E-state index in [-0.39, 0.29) is 0 Å². The summed E-state index contributed by atoms with van der Waals surface area (Å²) < 4.78 is 3.74. The average Bonchev–Trinajstić information content (AvgIpc) is 3.10. The lowest BCUT2D eigenvalue weighted by molar-refractivity contribution is 0.151. The van der Waals surface area contributed by atoms with E-state index in [1.54, 1.807) is 10.9 Å². The number of rotatable bonds is 4. The minimum Gasteiger partial charge on any atom is -0.386 e. The number of hydrogen-bond acceptors (Lipinski definition) is 2. The second-order valence-corrected chi connectivity index (χ2v) is 4.44. The van der Waals surface area contributed by atoms with Crippen molar-refractivity contribution in [2.24, 2.45) is 0 Å². The fraction of sp³-hybridized carbons (Fsp3) is 0.133.